The molecular formula is C17H27N. The van der Waals surface area contributed by atoms with Gasteiger partial charge in [0.15, 0.2) is 0 Å². The summed E-state index contributed by atoms with van der Waals surface area (Å²) in [6.07, 6.45) is 10.4. The summed E-state index contributed by atoms with van der Waals surface area (Å²) in [6, 6.07) is 7.46. The van der Waals surface area contributed by atoms with Crippen molar-refractivity contribution in [2.45, 2.75) is 71.3 Å². The van der Waals surface area contributed by atoms with Gasteiger partial charge in [0, 0.05) is 11.7 Å². The summed E-state index contributed by atoms with van der Waals surface area (Å²) in [7, 11) is 0. The van der Waals surface area contributed by atoms with Crippen LogP contribution < -0.4 is 5.32 Å². The van der Waals surface area contributed by atoms with Crippen LogP contribution in [-0.2, 0) is 12.8 Å². The Morgan fingerprint density at radius 3 is 2.78 bits per heavy atom. The number of aryl methyl sites for hydroxylation is 1. The van der Waals surface area contributed by atoms with E-state index in [0.29, 0.717) is 6.04 Å². The monoisotopic (exact) mass is 245 g/mol. The summed E-state index contributed by atoms with van der Waals surface area (Å²) in [4.78, 5) is 0. The number of unbranched alkanes of at least 4 members (excludes halogenated alkanes) is 1. The van der Waals surface area contributed by atoms with Crippen molar-refractivity contribution in [3.05, 3.63) is 29.3 Å². The predicted octanol–water partition coefficient (Wildman–Crippen LogP) is 4.95. The van der Waals surface area contributed by atoms with Crippen molar-refractivity contribution in [3.8, 4) is 0 Å². The number of fused-ring (bicyclic) bond motifs is 1. The lowest BCUT2D eigenvalue weighted by Crippen LogP contribution is -2.20. The number of benzene rings is 1. The highest BCUT2D eigenvalue weighted by Gasteiger charge is 2.14. The third kappa shape index (κ3) is 3.28. The fraction of sp³-hybridized carbons (Fsp3) is 0.647. The molecule has 0 radical (unpaired) electrons. The minimum absolute atomic E-state index is 0.651. The van der Waals surface area contributed by atoms with Crippen LogP contribution in [0.25, 0.3) is 0 Å². The SMILES string of the molecule is CCCCC(CC)Nc1cccc2c1CCCC2. The molecule has 1 aliphatic carbocycles. The Morgan fingerprint density at radius 1 is 1.17 bits per heavy atom. The third-order valence-corrected chi connectivity index (χ3v) is 4.15. The lowest BCUT2D eigenvalue weighted by molar-refractivity contribution is 0.591. The van der Waals surface area contributed by atoms with Crippen LogP contribution in [0.5, 0.6) is 0 Å². The molecule has 1 atom stereocenters. The highest BCUT2D eigenvalue weighted by molar-refractivity contribution is 5.56. The van der Waals surface area contributed by atoms with Gasteiger partial charge in [0.25, 0.3) is 0 Å². The first-order valence-corrected chi connectivity index (χ1v) is 7.72. The Morgan fingerprint density at radius 2 is 2.00 bits per heavy atom. The first kappa shape index (κ1) is 13.5. The fourth-order valence-electron chi connectivity index (χ4n) is 2.97. The largest absolute Gasteiger partial charge is 0.382 e. The van der Waals surface area contributed by atoms with Crippen molar-refractivity contribution in [2.24, 2.45) is 0 Å². The van der Waals surface area contributed by atoms with Gasteiger partial charge < -0.3 is 5.32 Å². The van der Waals surface area contributed by atoms with E-state index in [1.165, 1.54) is 57.1 Å². The van der Waals surface area contributed by atoms with Crippen molar-refractivity contribution in [2.75, 3.05) is 5.32 Å². The average Bonchev–Trinajstić information content (AvgIpc) is 2.43. The zero-order valence-electron chi connectivity index (χ0n) is 12.0. The van der Waals surface area contributed by atoms with Crippen LogP contribution in [0, 0.1) is 0 Å². The molecule has 0 fully saturated rings. The first-order chi connectivity index (χ1) is 8.85. The first-order valence-electron chi connectivity index (χ1n) is 7.72. The van der Waals surface area contributed by atoms with Crippen LogP contribution in [-0.4, -0.2) is 6.04 Å². The van der Waals surface area contributed by atoms with E-state index in [-0.39, 0.29) is 0 Å². The van der Waals surface area contributed by atoms with E-state index in [1.807, 2.05) is 0 Å². The number of hydrogen-bond acceptors (Lipinski definition) is 1. The molecule has 0 saturated heterocycles. The Kier molecular flexibility index (Phi) is 5.10. The van der Waals surface area contributed by atoms with Gasteiger partial charge >= 0.3 is 0 Å². The summed E-state index contributed by atoms with van der Waals surface area (Å²) in [5.74, 6) is 0. The Bertz CT molecular complexity index is 370. The molecule has 0 bridgehead atoms. The maximum Gasteiger partial charge on any atom is 0.0377 e. The molecular weight excluding hydrogens is 218 g/mol. The second-order valence-corrected chi connectivity index (χ2v) is 5.54. The highest BCUT2D eigenvalue weighted by Crippen LogP contribution is 2.28. The van der Waals surface area contributed by atoms with Crippen molar-refractivity contribution in [1.29, 1.82) is 0 Å². The summed E-state index contributed by atoms with van der Waals surface area (Å²) >= 11 is 0. The minimum Gasteiger partial charge on any atom is -0.382 e. The number of hydrogen-bond donors (Lipinski definition) is 1. The van der Waals surface area contributed by atoms with E-state index in [9.17, 15) is 0 Å². The van der Waals surface area contributed by atoms with E-state index in [1.54, 1.807) is 11.1 Å². The quantitative estimate of drug-likeness (QED) is 0.748. The van der Waals surface area contributed by atoms with E-state index >= 15 is 0 Å². The van der Waals surface area contributed by atoms with Gasteiger partial charge in [-0.3, -0.25) is 0 Å². The second-order valence-electron chi connectivity index (χ2n) is 5.54. The molecule has 0 aliphatic heterocycles. The van der Waals surface area contributed by atoms with Gasteiger partial charge in [0.1, 0.15) is 0 Å². The molecule has 1 aromatic carbocycles. The third-order valence-electron chi connectivity index (χ3n) is 4.15. The molecule has 1 unspecified atom stereocenters. The molecule has 0 amide bonds. The molecule has 1 nitrogen and oxygen atoms in total. The van der Waals surface area contributed by atoms with E-state index in [0.717, 1.165) is 0 Å². The standard InChI is InChI=1S/C17H27N/c1-3-5-11-15(4-2)18-17-13-8-10-14-9-6-7-12-16(14)17/h8,10,13,15,18H,3-7,9,11-12H2,1-2H3. The van der Waals surface area contributed by atoms with E-state index < -0.39 is 0 Å². The number of anilines is 1. The Hall–Kier alpha value is -0.980. The summed E-state index contributed by atoms with van der Waals surface area (Å²) in [5.41, 5.74) is 4.59. The topological polar surface area (TPSA) is 12.0 Å². The zero-order chi connectivity index (χ0) is 12.8. The smallest absolute Gasteiger partial charge is 0.0377 e. The molecule has 0 heterocycles. The van der Waals surface area contributed by atoms with Gasteiger partial charge in [0.05, 0.1) is 0 Å². The maximum absolute atomic E-state index is 3.79. The van der Waals surface area contributed by atoms with Gasteiger partial charge in [-0.25, -0.2) is 0 Å². The molecule has 1 heteroatoms. The molecule has 0 aromatic heterocycles. The second kappa shape index (κ2) is 6.82. The van der Waals surface area contributed by atoms with Crippen LogP contribution >= 0.6 is 0 Å². The van der Waals surface area contributed by atoms with Crippen molar-refractivity contribution < 1.29 is 0 Å². The summed E-state index contributed by atoms with van der Waals surface area (Å²) in [6.45, 7) is 4.57. The van der Waals surface area contributed by atoms with Crippen LogP contribution in [0.2, 0.25) is 0 Å². The van der Waals surface area contributed by atoms with Crippen LogP contribution in [0.3, 0.4) is 0 Å². The van der Waals surface area contributed by atoms with Gasteiger partial charge in [-0.05, 0) is 55.7 Å². The zero-order valence-corrected chi connectivity index (χ0v) is 12.0. The van der Waals surface area contributed by atoms with Crippen molar-refractivity contribution in [3.63, 3.8) is 0 Å². The number of nitrogens with one attached hydrogen (secondary N) is 1. The lowest BCUT2D eigenvalue weighted by Gasteiger charge is -2.24. The van der Waals surface area contributed by atoms with Crippen LogP contribution in [0.4, 0.5) is 5.69 Å². The Labute approximate surface area is 112 Å². The lowest BCUT2D eigenvalue weighted by atomic mass is 9.90. The minimum atomic E-state index is 0.651. The molecule has 100 valence electrons. The van der Waals surface area contributed by atoms with Crippen LogP contribution in [0.15, 0.2) is 18.2 Å². The van der Waals surface area contributed by atoms with E-state index in [2.05, 4.69) is 37.4 Å². The highest BCUT2D eigenvalue weighted by atomic mass is 14.9. The molecule has 1 aliphatic rings. The average molecular weight is 245 g/mol. The summed E-state index contributed by atoms with van der Waals surface area (Å²) < 4.78 is 0. The summed E-state index contributed by atoms with van der Waals surface area (Å²) in [5, 5.41) is 3.79. The van der Waals surface area contributed by atoms with Crippen LogP contribution in [0.1, 0.15) is 63.5 Å². The van der Waals surface area contributed by atoms with Gasteiger partial charge in [0.2, 0.25) is 0 Å². The molecule has 1 N–H and O–H groups in total. The number of rotatable bonds is 6. The molecule has 18 heavy (non-hydrogen) atoms. The molecule has 0 saturated carbocycles. The maximum atomic E-state index is 3.79. The van der Waals surface area contributed by atoms with Gasteiger partial charge in [-0.15, -0.1) is 0 Å². The van der Waals surface area contributed by atoms with Gasteiger partial charge in [-0.1, -0.05) is 38.8 Å². The van der Waals surface area contributed by atoms with Gasteiger partial charge in [-0.2, -0.15) is 0 Å². The molecule has 2 rings (SSSR count). The predicted molar refractivity (Wildman–Crippen MR) is 80.3 cm³/mol. The van der Waals surface area contributed by atoms with Crippen molar-refractivity contribution >= 4 is 5.69 Å². The molecule has 1 aromatic rings. The van der Waals surface area contributed by atoms with E-state index in [4.69, 9.17) is 0 Å². The Balaban J connectivity index is 2.08. The normalized spacial score (nSPS) is 16.1. The van der Waals surface area contributed by atoms with Crippen molar-refractivity contribution in [1.82, 2.24) is 0 Å². The molecule has 0 spiro atoms. The fourth-order valence-corrected chi connectivity index (χ4v) is 2.97.